The number of fused-ring (bicyclic) bond motifs is 2. The summed E-state index contributed by atoms with van der Waals surface area (Å²) in [5, 5.41) is 14.5. The van der Waals surface area contributed by atoms with Crippen molar-refractivity contribution in [1.82, 2.24) is 19.3 Å². The number of methoxy groups -OCH3 is 1. The summed E-state index contributed by atoms with van der Waals surface area (Å²) in [5.74, 6) is -0.0282. The first-order chi connectivity index (χ1) is 15.5. The van der Waals surface area contributed by atoms with Crippen molar-refractivity contribution in [1.29, 1.82) is 0 Å². The molecule has 160 valence electrons. The monoisotopic (exact) mass is 430 g/mol. The molecular formula is C23H18N4O5. The fourth-order valence-corrected chi connectivity index (χ4v) is 3.88. The summed E-state index contributed by atoms with van der Waals surface area (Å²) < 4.78 is 7.82. The molecule has 9 nitrogen and oxygen atoms in total. The maximum atomic E-state index is 13.0. The van der Waals surface area contributed by atoms with Gasteiger partial charge in [0.2, 0.25) is 0 Å². The minimum atomic E-state index is -0.496. The number of ether oxygens (including phenoxy) is 1. The van der Waals surface area contributed by atoms with E-state index in [-0.39, 0.29) is 22.4 Å². The minimum absolute atomic E-state index is 0.0422. The predicted octanol–water partition coefficient (Wildman–Crippen LogP) is 2.17. The van der Waals surface area contributed by atoms with Gasteiger partial charge in [0.1, 0.15) is 17.3 Å². The highest BCUT2D eigenvalue weighted by molar-refractivity contribution is 6.11. The number of phenolic OH excluding ortho intramolecular Hbond substituents is 1. The number of ketones is 1. The van der Waals surface area contributed by atoms with Gasteiger partial charge in [-0.1, -0.05) is 0 Å². The lowest BCUT2D eigenvalue weighted by atomic mass is 10.1. The predicted molar refractivity (Wildman–Crippen MR) is 114 cm³/mol. The minimum Gasteiger partial charge on any atom is -0.507 e. The van der Waals surface area contributed by atoms with Gasteiger partial charge in [-0.2, -0.15) is 5.10 Å². The molecule has 0 atom stereocenters. The highest BCUT2D eigenvalue weighted by atomic mass is 16.5. The van der Waals surface area contributed by atoms with Crippen LogP contribution in [0.1, 0.15) is 38.5 Å². The first-order valence-corrected chi connectivity index (χ1v) is 10.0. The Balaban J connectivity index is 1.47. The normalized spacial score (nSPS) is 12.7. The smallest absolute Gasteiger partial charge is 0.278 e. The maximum Gasteiger partial charge on any atom is 0.278 e. The molecular weight excluding hydrogens is 412 g/mol. The zero-order valence-corrected chi connectivity index (χ0v) is 17.1. The Morgan fingerprint density at radius 3 is 2.78 bits per heavy atom. The lowest BCUT2D eigenvalue weighted by Gasteiger charge is -2.07. The van der Waals surface area contributed by atoms with Crippen LogP contribution in [0.4, 0.5) is 0 Å². The first-order valence-electron chi connectivity index (χ1n) is 10.0. The van der Waals surface area contributed by atoms with Gasteiger partial charge in [0, 0.05) is 24.7 Å². The van der Waals surface area contributed by atoms with Crippen molar-refractivity contribution in [3.8, 4) is 11.5 Å². The number of rotatable bonds is 4. The molecule has 0 saturated carbocycles. The molecule has 32 heavy (non-hydrogen) atoms. The lowest BCUT2D eigenvalue weighted by molar-refractivity contribution is 0.0945. The van der Waals surface area contributed by atoms with E-state index >= 15 is 0 Å². The Morgan fingerprint density at radius 1 is 1.12 bits per heavy atom. The Hall–Kier alpha value is -4.27. The van der Waals surface area contributed by atoms with Crippen LogP contribution >= 0.6 is 0 Å². The standard InChI is InChI=1S/C23H18N4O5/c1-32-15-5-7-19(28)17(10-15)21(29)14-11-24-27(12-14)22(30)13-4-6-16-18(9-13)25-20-3-2-8-26(20)23(16)31/h4-7,9-12,28H,2-3,8H2,1H3. The van der Waals surface area contributed by atoms with Gasteiger partial charge in [-0.25, -0.2) is 9.67 Å². The van der Waals surface area contributed by atoms with Gasteiger partial charge in [-0.3, -0.25) is 19.0 Å². The average Bonchev–Trinajstić information content (AvgIpc) is 3.48. The number of aromatic hydroxyl groups is 1. The number of carbonyl (C=O) groups excluding carboxylic acids is 2. The van der Waals surface area contributed by atoms with Crippen LogP contribution in [-0.4, -0.2) is 43.2 Å². The molecule has 0 fully saturated rings. The summed E-state index contributed by atoms with van der Waals surface area (Å²) in [6.07, 6.45) is 4.17. The quantitative estimate of drug-likeness (QED) is 0.493. The van der Waals surface area contributed by atoms with Crippen molar-refractivity contribution < 1.29 is 19.4 Å². The molecule has 0 spiro atoms. The second kappa shape index (κ2) is 7.45. The zero-order valence-electron chi connectivity index (χ0n) is 17.1. The zero-order chi connectivity index (χ0) is 22.4. The van der Waals surface area contributed by atoms with Gasteiger partial charge in [0.25, 0.3) is 11.5 Å². The topological polar surface area (TPSA) is 116 Å². The Labute approximate surface area is 181 Å². The number of hydrogen-bond acceptors (Lipinski definition) is 7. The number of benzene rings is 2. The molecule has 0 bridgehead atoms. The highest BCUT2D eigenvalue weighted by Gasteiger charge is 2.20. The molecule has 4 aromatic rings. The molecule has 0 unspecified atom stereocenters. The SMILES string of the molecule is COc1ccc(O)c(C(=O)c2cnn(C(=O)c3ccc4c(=O)n5c(nc4c3)CCC5)c2)c1. The van der Waals surface area contributed by atoms with Gasteiger partial charge in [-0.05, 0) is 42.8 Å². The second-order valence-electron chi connectivity index (χ2n) is 7.51. The van der Waals surface area contributed by atoms with Crippen molar-refractivity contribution in [2.45, 2.75) is 19.4 Å². The van der Waals surface area contributed by atoms with Crippen LogP contribution in [0.25, 0.3) is 10.9 Å². The molecule has 0 radical (unpaired) electrons. The van der Waals surface area contributed by atoms with E-state index in [1.165, 1.54) is 37.7 Å². The summed E-state index contributed by atoms with van der Waals surface area (Å²) in [6.45, 7) is 0.657. The molecule has 9 heteroatoms. The van der Waals surface area contributed by atoms with E-state index < -0.39 is 11.7 Å². The van der Waals surface area contributed by atoms with Gasteiger partial charge in [0.15, 0.2) is 5.78 Å². The van der Waals surface area contributed by atoms with Crippen LogP contribution in [0, 0.1) is 0 Å². The van der Waals surface area contributed by atoms with Crippen molar-refractivity contribution >= 4 is 22.6 Å². The number of phenols is 1. The molecule has 5 rings (SSSR count). The molecule has 0 saturated heterocycles. The van der Waals surface area contributed by atoms with Gasteiger partial charge in [-0.15, -0.1) is 0 Å². The summed E-state index contributed by atoms with van der Waals surface area (Å²) in [6, 6.07) is 9.02. The number of aryl methyl sites for hydroxylation is 1. The third-order valence-corrected chi connectivity index (χ3v) is 5.56. The van der Waals surface area contributed by atoms with Gasteiger partial charge in [0.05, 0.1) is 35.3 Å². The van der Waals surface area contributed by atoms with E-state index in [0.29, 0.717) is 28.8 Å². The highest BCUT2D eigenvalue weighted by Crippen LogP contribution is 2.25. The van der Waals surface area contributed by atoms with Crippen LogP contribution in [0.2, 0.25) is 0 Å². The number of hydrogen-bond donors (Lipinski definition) is 1. The third-order valence-electron chi connectivity index (χ3n) is 5.56. The van der Waals surface area contributed by atoms with Crippen LogP contribution in [0.15, 0.2) is 53.6 Å². The molecule has 3 heterocycles. The molecule has 1 N–H and O–H groups in total. The van der Waals surface area contributed by atoms with Crippen molar-refractivity contribution in [2.75, 3.05) is 7.11 Å². The van der Waals surface area contributed by atoms with E-state index in [0.717, 1.165) is 23.3 Å². The fourth-order valence-electron chi connectivity index (χ4n) is 3.88. The van der Waals surface area contributed by atoms with Crippen molar-refractivity contribution in [3.05, 3.63) is 81.7 Å². The Kier molecular flexibility index (Phi) is 4.58. The van der Waals surface area contributed by atoms with Crippen LogP contribution in [0.5, 0.6) is 11.5 Å². The van der Waals surface area contributed by atoms with E-state index in [9.17, 15) is 19.5 Å². The average molecular weight is 430 g/mol. The lowest BCUT2D eigenvalue weighted by Crippen LogP contribution is -2.21. The number of carbonyl (C=O) groups is 2. The van der Waals surface area contributed by atoms with Crippen LogP contribution in [-0.2, 0) is 13.0 Å². The molecule has 2 aromatic heterocycles. The van der Waals surface area contributed by atoms with Gasteiger partial charge < -0.3 is 9.84 Å². The maximum absolute atomic E-state index is 13.0. The van der Waals surface area contributed by atoms with E-state index in [4.69, 9.17) is 4.74 Å². The van der Waals surface area contributed by atoms with E-state index in [2.05, 4.69) is 10.1 Å². The number of aromatic nitrogens is 4. The molecule has 2 aromatic carbocycles. The van der Waals surface area contributed by atoms with Crippen LogP contribution in [0.3, 0.4) is 0 Å². The largest absolute Gasteiger partial charge is 0.507 e. The summed E-state index contributed by atoms with van der Waals surface area (Å²) in [4.78, 5) is 42.9. The Bertz CT molecular complexity index is 1470. The molecule has 0 amide bonds. The van der Waals surface area contributed by atoms with E-state index in [1.807, 2.05) is 0 Å². The molecule has 1 aliphatic rings. The van der Waals surface area contributed by atoms with Crippen molar-refractivity contribution in [2.24, 2.45) is 0 Å². The van der Waals surface area contributed by atoms with Crippen molar-refractivity contribution in [3.63, 3.8) is 0 Å². The molecule has 1 aliphatic heterocycles. The summed E-state index contributed by atoms with van der Waals surface area (Å²) in [5.41, 5.74) is 0.821. The van der Waals surface area contributed by atoms with E-state index in [1.54, 1.807) is 22.8 Å². The third kappa shape index (κ3) is 3.15. The second-order valence-corrected chi connectivity index (χ2v) is 7.51. The first kappa shape index (κ1) is 19.7. The van der Waals surface area contributed by atoms with Crippen LogP contribution < -0.4 is 10.3 Å². The molecule has 0 aliphatic carbocycles. The van der Waals surface area contributed by atoms with Gasteiger partial charge >= 0.3 is 0 Å². The summed E-state index contributed by atoms with van der Waals surface area (Å²) in [7, 11) is 1.46. The summed E-state index contributed by atoms with van der Waals surface area (Å²) >= 11 is 0. The fraction of sp³-hybridized carbons (Fsp3) is 0.174. The Morgan fingerprint density at radius 2 is 1.97 bits per heavy atom. The number of nitrogens with zero attached hydrogens (tertiary/aromatic N) is 4.